The number of hydroxylamine groups is 1. The minimum atomic E-state index is -1.00. The fourth-order valence-electron chi connectivity index (χ4n) is 5.06. The zero-order valence-electron chi connectivity index (χ0n) is 25.5. The number of nitrogens with two attached hydrogens (primary N) is 1. The molecule has 9 nitrogen and oxygen atoms in total. The van der Waals surface area contributed by atoms with Crippen molar-refractivity contribution in [2.45, 2.75) is 72.1 Å². The summed E-state index contributed by atoms with van der Waals surface area (Å²) >= 11 is 0. The van der Waals surface area contributed by atoms with E-state index in [2.05, 4.69) is 16.1 Å². The maximum absolute atomic E-state index is 13.7. The van der Waals surface area contributed by atoms with Crippen molar-refractivity contribution in [3.05, 3.63) is 83.9 Å². The maximum atomic E-state index is 13.7. The van der Waals surface area contributed by atoms with Crippen LogP contribution in [0, 0.1) is 17.8 Å². The minimum absolute atomic E-state index is 0.113. The van der Waals surface area contributed by atoms with E-state index >= 15 is 0 Å². The molecule has 0 aliphatic heterocycles. The van der Waals surface area contributed by atoms with Crippen molar-refractivity contribution in [3.8, 4) is 0 Å². The van der Waals surface area contributed by atoms with Crippen molar-refractivity contribution in [2.75, 3.05) is 0 Å². The highest BCUT2D eigenvalue weighted by Gasteiger charge is 2.31. The van der Waals surface area contributed by atoms with E-state index < -0.39 is 41.6 Å². The molecule has 0 aromatic heterocycles. The summed E-state index contributed by atoms with van der Waals surface area (Å²) < 4.78 is 0. The van der Waals surface area contributed by atoms with E-state index in [0.29, 0.717) is 12.8 Å². The number of rotatable bonds is 16. The summed E-state index contributed by atoms with van der Waals surface area (Å²) in [5.41, 5.74) is 9.82. The number of hydrogen-bond acceptors (Lipinski definition) is 5. The predicted octanol–water partition coefficient (Wildman–Crippen LogP) is 4.18. The van der Waals surface area contributed by atoms with Crippen LogP contribution >= 0.6 is 0 Å². The number of hydrogen-bond donors (Lipinski definition) is 4. The van der Waals surface area contributed by atoms with Crippen LogP contribution in [0.3, 0.4) is 0 Å². The van der Waals surface area contributed by atoms with E-state index in [1.807, 2.05) is 100 Å². The molecular weight excluding hydrogens is 544 g/mol. The Labute approximate surface area is 253 Å². The zero-order valence-corrected chi connectivity index (χ0v) is 25.5. The highest BCUT2D eigenvalue weighted by Crippen LogP contribution is 2.21. The van der Waals surface area contributed by atoms with Crippen LogP contribution in [0.1, 0.15) is 58.1 Å². The van der Waals surface area contributed by atoms with Gasteiger partial charge in [-0.3, -0.25) is 24.0 Å². The monoisotopic (exact) mass is 588 g/mol. The van der Waals surface area contributed by atoms with Crippen LogP contribution in [0.15, 0.2) is 72.8 Å². The summed E-state index contributed by atoms with van der Waals surface area (Å²) in [6, 6.07) is 21.1. The van der Waals surface area contributed by atoms with Gasteiger partial charge in [0.15, 0.2) is 0 Å². The van der Waals surface area contributed by atoms with Crippen LogP contribution in [0.2, 0.25) is 0 Å². The topological polar surface area (TPSA) is 140 Å². The van der Waals surface area contributed by atoms with Gasteiger partial charge in [0.25, 0.3) is 0 Å². The second-order valence-electron chi connectivity index (χ2n) is 11.5. The summed E-state index contributed by atoms with van der Waals surface area (Å²) in [6.45, 7) is 7.87. The van der Waals surface area contributed by atoms with Crippen LogP contribution in [0.25, 0.3) is 10.8 Å². The van der Waals surface area contributed by atoms with Gasteiger partial charge in [0.05, 0.1) is 6.61 Å². The molecule has 4 atom stereocenters. The van der Waals surface area contributed by atoms with Crippen molar-refractivity contribution in [1.29, 1.82) is 0 Å². The number of benzene rings is 3. The summed E-state index contributed by atoms with van der Waals surface area (Å²) in [4.78, 5) is 57.7. The Hall–Kier alpha value is -4.24. The summed E-state index contributed by atoms with van der Waals surface area (Å²) in [7, 11) is 0. The van der Waals surface area contributed by atoms with E-state index in [-0.39, 0.29) is 31.3 Å². The first-order valence-corrected chi connectivity index (χ1v) is 14.9. The molecule has 2 unspecified atom stereocenters. The van der Waals surface area contributed by atoms with Gasteiger partial charge in [-0.1, -0.05) is 107 Å². The van der Waals surface area contributed by atoms with Gasteiger partial charge in [0, 0.05) is 18.8 Å². The Morgan fingerprint density at radius 1 is 0.837 bits per heavy atom. The predicted molar refractivity (Wildman–Crippen MR) is 167 cm³/mol. The zero-order chi connectivity index (χ0) is 31.4. The Morgan fingerprint density at radius 2 is 1.51 bits per heavy atom. The molecule has 3 aromatic carbocycles. The van der Waals surface area contributed by atoms with Crippen molar-refractivity contribution in [2.24, 2.45) is 23.5 Å². The fourth-order valence-corrected chi connectivity index (χ4v) is 5.06. The molecule has 0 radical (unpaired) electrons. The maximum Gasteiger partial charge on any atom is 0.244 e. The lowest BCUT2D eigenvalue weighted by atomic mass is 9.92. The molecule has 43 heavy (non-hydrogen) atoms. The number of fused-ring (bicyclic) bond motifs is 1. The first kappa shape index (κ1) is 33.3. The van der Waals surface area contributed by atoms with Crippen molar-refractivity contribution >= 4 is 34.4 Å². The first-order chi connectivity index (χ1) is 20.6. The lowest BCUT2D eigenvalue weighted by Crippen LogP contribution is -2.56. The number of primary amides is 1. The summed E-state index contributed by atoms with van der Waals surface area (Å²) in [5.74, 6) is -2.78. The second kappa shape index (κ2) is 16.4. The third-order valence-electron chi connectivity index (χ3n) is 7.58. The quantitative estimate of drug-likeness (QED) is 0.186. The van der Waals surface area contributed by atoms with Gasteiger partial charge in [-0.05, 0) is 40.2 Å². The third-order valence-corrected chi connectivity index (χ3v) is 7.58. The van der Waals surface area contributed by atoms with Gasteiger partial charge in [0.2, 0.25) is 23.6 Å². The molecular formula is C34H44N4O5. The average Bonchev–Trinajstić information content (AvgIpc) is 2.99. The minimum Gasteiger partial charge on any atom is -0.368 e. The Kier molecular flexibility index (Phi) is 12.7. The van der Waals surface area contributed by atoms with Crippen LogP contribution in [0.5, 0.6) is 0 Å². The molecule has 0 saturated carbocycles. The van der Waals surface area contributed by atoms with Crippen LogP contribution < -0.4 is 21.8 Å². The Morgan fingerprint density at radius 3 is 2.19 bits per heavy atom. The molecule has 9 heteroatoms. The fraction of sp³-hybridized carbons (Fsp3) is 0.412. The smallest absolute Gasteiger partial charge is 0.244 e. The molecule has 3 rings (SSSR count). The van der Waals surface area contributed by atoms with Gasteiger partial charge in [-0.25, -0.2) is 5.48 Å². The highest BCUT2D eigenvalue weighted by molar-refractivity contribution is 5.94. The summed E-state index contributed by atoms with van der Waals surface area (Å²) in [5, 5.41) is 7.64. The molecule has 230 valence electrons. The molecule has 3 aromatic rings. The second-order valence-corrected chi connectivity index (χ2v) is 11.5. The first-order valence-electron chi connectivity index (χ1n) is 14.9. The van der Waals surface area contributed by atoms with Gasteiger partial charge >= 0.3 is 0 Å². The van der Waals surface area contributed by atoms with E-state index in [1.54, 1.807) is 0 Å². The van der Waals surface area contributed by atoms with E-state index in [4.69, 9.17) is 10.6 Å². The Balaban J connectivity index is 1.79. The highest BCUT2D eigenvalue weighted by atomic mass is 16.6. The van der Waals surface area contributed by atoms with Gasteiger partial charge < -0.3 is 16.4 Å². The van der Waals surface area contributed by atoms with Crippen molar-refractivity contribution in [3.63, 3.8) is 0 Å². The van der Waals surface area contributed by atoms with E-state index in [0.717, 1.165) is 21.9 Å². The molecule has 0 bridgehead atoms. The Bertz CT molecular complexity index is 1370. The van der Waals surface area contributed by atoms with Crippen LogP contribution in [-0.4, -0.2) is 35.7 Å². The molecule has 0 heterocycles. The standard InChI is InChI=1S/C34H44N4O5/c1-5-23(4)31(32(35)40)37-34(42)29(19-26-16-11-15-25-14-9-10-17-28(25)26)36-33(41)27(18-22(2)3)20-30(39)38-43-21-24-12-7-6-8-13-24/h6-17,22-23,27,29,31H,5,18-21H2,1-4H3,(H2,35,40)(H,36,41)(H,37,42)(H,38,39)/t23?,27?,29-,31-/m0/s1. The number of carbonyl (C=O) groups excluding carboxylic acids is 4. The molecule has 5 N–H and O–H groups in total. The van der Waals surface area contributed by atoms with E-state index in [9.17, 15) is 19.2 Å². The summed E-state index contributed by atoms with van der Waals surface area (Å²) in [6.07, 6.45) is 1.13. The average molecular weight is 589 g/mol. The van der Waals surface area contributed by atoms with Crippen LogP contribution in [0.4, 0.5) is 0 Å². The van der Waals surface area contributed by atoms with Gasteiger partial charge in [-0.2, -0.15) is 0 Å². The SMILES string of the molecule is CCC(C)[C@H](NC(=O)[C@H](Cc1cccc2ccccc12)NC(=O)C(CC(=O)NOCc1ccccc1)CC(C)C)C(N)=O. The molecule has 0 saturated heterocycles. The van der Waals surface area contributed by atoms with Crippen molar-refractivity contribution < 1.29 is 24.0 Å². The third kappa shape index (κ3) is 10.2. The van der Waals surface area contributed by atoms with Crippen molar-refractivity contribution in [1.82, 2.24) is 16.1 Å². The molecule has 0 fully saturated rings. The number of carbonyl (C=O) groups is 4. The van der Waals surface area contributed by atoms with Crippen LogP contribution in [-0.2, 0) is 37.0 Å². The molecule has 4 amide bonds. The lowest BCUT2D eigenvalue weighted by molar-refractivity contribution is -0.140. The molecule has 0 spiro atoms. The molecule has 0 aliphatic carbocycles. The largest absolute Gasteiger partial charge is 0.368 e. The normalized spacial score (nSPS) is 14.0. The number of amides is 4. The lowest BCUT2D eigenvalue weighted by Gasteiger charge is -2.27. The molecule has 0 aliphatic rings. The number of nitrogens with one attached hydrogen (secondary N) is 3. The van der Waals surface area contributed by atoms with E-state index in [1.165, 1.54) is 0 Å². The van der Waals surface area contributed by atoms with Gasteiger partial charge in [0.1, 0.15) is 12.1 Å². The van der Waals surface area contributed by atoms with Gasteiger partial charge in [-0.15, -0.1) is 0 Å².